The Hall–Kier alpha value is -1.33. The summed E-state index contributed by atoms with van der Waals surface area (Å²) in [5.74, 6) is 0.702. The third kappa shape index (κ3) is 4.86. The van der Waals surface area contributed by atoms with Crippen LogP contribution in [0.2, 0.25) is 0 Å². The third-order valence-corrected chi connectivity index (χ3v) is 3.70. The number of rotatable bonds is 5. The summed E-state index contributed by atoms with van der Waals surface area (Å²) >= 11 is 6.76. The van der Waals surface area contributed by atoms with Crippen molar-refractivity contribution < 1.29 is 9.53 Å². The molecule has 0 heterocycles. The van der Waals surface area contributed by atoms with Gasteiger partial charge in [0.15, 0.2) is 0 Å². The van der Waals surface area contributed by atoms with Gasteiger partial charge in [-0.05, 0) is 42.8 Å². The molecule has 2 aromatic carbocycles. The molecule has 3 nitrogen and oxygen atoms in total. The van der Waals surface area contributed by atoms with Crippen molar-refractivity contribution in [3.8, 4) is 5.75 Å². The highest BCUT2D eigenvalue weighted by atomic mass is 79.9. The van der Waals surface area contributed by atoms with Gasteiger partial charge in [0.05, 0.1) is 6.61 Å². The predicted octanol–water partition coefficient (Wildman–Crippen LogP) is 4.54. The first-order chi connectivity index (χ1) is 10.1. The molecule has 1 amide bonds. The molecule has 0 atom stereocenters. The molecule has 5 heteroatoms. The number of halogens is 2. The van der Waals surface area contributed by atoms with Crippen molar-refractivity contribution in [2.75, 3.05) is 6.61 Å². The zero-order valence-electron chi connectivity index (χ0n) is 11.5. The van der Waals surface area contributed by atoms with Crippen LogP contribution < -0.4 is 10.1 Å². The minimum atomic E-state index is -0.112. The minimum Gasteiger partial charge on any atom is -0.494 e. The molecule has 0 spiro atoms. The number of hydrogen-bond acceptors (Lipinski definition) is 2. The van der Waals surface area contributed by atoms with E-state index in [-0.39, 0.29) is 5.91 Å². The number of ether oxygens (including phenoxy) is 1. The molecule has 0 unspecified atom stereocenters. The second kappa shape index (κ2) is 7.61. The molecule has 110 valence electrons. The van der Waals surface area contributed by atoms with Crippen molar-refractivity contribution in [3.05, 3.63) is 62.5 Å². The van der Waals surface area contributed by atoms with E-state index in [0.29, 0.717) is 18.7 Å². The summed E-state index contributed by atoms with van der Waals surface area (Å²) in [6.45, 7) is 3.03. The Balaban J connectivity index is 2.02. The first-order valence-electron chi connectivity index (χ1n) is 6.54. The Morgan fingerprint density at radius 2 is 1.86 bits per heavy atom. The largest absolute Gasteiger partial charge is 0.494 e. The Morgan fingerprint density at radius 3 is 2.52 bits per heavy atom. The van der Waals surface area contributed by atoms with E-state index in [1.165, 1.54) is 0 Å². The summed E-state index contributed by atoms with van der Waals surface area (Å²) in [6, 6.07) is 13.2. The van der Waals surface area contributed by atoms with Gasteiger partial charge in [-0.15, -0.1) is 0 Å². The van der Waals surface area contributed by atoms with E-state index in [1.54, 1.807) is 12.1 Å². The van der Waals surface area contributed by atoms with Gasteiger partial charge in [0.1, 0.15) is 5.75 Å². The van der Waals surface area contributed by atoms with Crippen LogP contribution in [0.3, 0.4) is 0 Å². The summed E-state index contributed by atoms with van der Waals surface area (Å²) in [4.78, 5) is 12.1. The number of hydrogen-bond donors (Lipinski definition) is 1. The fourth-order valence-electron chi connectivity index (χ4n) is 1.88. The van der Waals surface area contributed by atoms with Crippen molar-refractivity contribution in [1.29, 1.82) is 0 Å². The van der Waals surface area contributed by atoms with E-state index in [2.05, 4.69) is 37.2 Å². The SMILES string of the molecule is CCOc1cccc(CNC(=O)c2cc(Br)cc(Br)c2)c1. The van der Waals surface area contributed by atoms with Crippen molar-refractivity contribution in [2.24, 2.45) is 0 Å². The molecule has 0 bridgehead atoms. The Morgan fingerprint density at radius 1 is 1.14 bits per heavy atom. The van der Waals surface area contributed by atoms with E-state index in [9.17, 15) is 4.79 Å². The van der Waals surface area contributed by atoms with Crippen LogP contribution in [0.15, 0.2) is 51.4 Å². The van der Waals surface area contributed by atoms with Gasteiger partial charge in [-0.1, -0.05) is 44.0 Å². The molecule has 1 N–H and O–H groups in total. The van der Waals surface area contributed by atoms with Crippen LogP contribution in [0.25, 0.3) is 0 Å². The molecule has 0 aliphatic carbocycles. The summed E-state index contributed by atoms with van der Waals surface area (Å²) in [5, 5.41) is 2.90. The van der Waals surface area contributed by atoms with Crippen LogP contribution in [0.1, 0.15) is 22.8 Å². The van der Waals surface area contributed by atoms with Gasteiger partial charge < -0.3 is 10.1 Å². The Kier molecular flexibility index (Phi) is 5.82. The highest BCUT2D eigenvalue weighted by molar-refractivity contribution is 9.11. The van der Waals surface area contributed by atoms with Gasteiger partial charge >= 0.3 is 0 Å². The first-order valence-corrected chi connectivity index (χ1v) is 8.13. The molecule has 0 saturated heterocycles. The average molecular weight is 413 g/mol. The van der Waals surface area contributed by atoms with E-state index in [0.717, 1.165) is 20.3 Å². The smallest absolute Gasteiger partial charge is 0.251 e. The number of nitrogens with one attached hydrogen (secondary N) is 1. The van der Waals surface area contributed by atoms with Crippen LogP contribution in [0, 0.1) is 0 Å². The van der Waals surface area contributed by atoms with Gasteiger partial charge in [0.2, 0.25) is 0 Å². The lowest BCUT2D eigenvalue weighted by Crippen LogP contribution is -2.22. The molecule has 0 fully saturated rings. The van der Waals surface area contributed by atoms with Crippen molar-refractivity contribution in [2.45, 2.75) is 13.5 Å². The molecule has 0 aliphatic rings. The molecule has 0 radical (unpaired) electrons. The number of carbonyl (C=O) groups excluding carboxylic acids is 1. The summed E-state index contributed by atoms with van der Waals surface area (Å²) in [7, 11) is 0. The first kappa shape index (κ1) is 16.0. The summed E-state index contributed by atoms with van der Waals surface area (Å²) in [5.41, 5.74) is 1.61. The molecule has 21 heavy (non-hydrogen) atoms. The number of amides is 1. The molecule has 0 aromatic heterocycles. The predicted molar refractivity (Wildman–Crippen MR) is 90.6 cm³/mol. The lowest BCUT2D eigenvalue weighted by molar-refractivity contribution is 0.0950. The number of benzene rings is 2. The van der Waals surface area contributed by atoms with Crippen LogP contribution >= 0.6 is 31.9 Å². The number of carbonyl (C=O) groups is 1. The maximum atomic E-state index is 12.1. The second-order valence-corrected chi connectivity index (χ2v) is 6.25. The summed E-state index contributed by atoms with van der Waals surface area (Å²) < 4.78 is 7.17. The summed E-state index contributed by atoms with van der Waals surface area (Å²) in [6.07, 6.45) is 0. The maximum Gasteiger partial charge on any atom is 0.251 e. The highest BCUT2D eigenvalue weighted by Gasteiger charge is 2.07. The van der Waals surface area contributed by atoms with E-state index >= 15 is 0 Å². The van der Waals surface area contributed by atoms with Crippen LogP contribution in [0.5, 0.6) is 5.75 Å². The fraction of sp³-hybridized carbons (Fsp3) is 0.188. The normalized spacial score (nSPS) is 10.2. The van der Waals surface area contributed by atoms with Crippen molar-refractivity contribution in [3.63, 3.8) is 0 Å². The molecule has 2 aromatic rings. The van der Waals surface area contributed by atoms with Crippen LogP contribution in [-0.2, 0) is 6.54 Å². The van der Waals surface area contributed by atoms with E-state index in [4.69, 9.17) is 4.74 Å². The van der Waals surface area contributed by atoms with E-state index in [1.807, 2.05) is 37.3 Å². The zero-order valence-corrected chi connectivity index (χ0v) is 14.7. The van der Waals surface area contributed by atoms with Crippen molar-refractivity contribution in [1.82, 2.24) is 5.32 Å². The van der Waals surface area contributed by atoms with Crippen molar-refractivity contribution >= 4 is 37.8 Å². The van der Waals surface area contributed by atoms with Crippen LogP contribution in [-0.4, -0.2) is 12.5 Å². The van der Waals surface area contributed by atoms with Gasteiger partial charge in [0, 0.05) is 21.1 Å². The van der Waals surface area contributed by atoms with Gasteiger partial charge in [-0.25, -0.2) is 0 Å². The molecule has 2 rings (SSSR count). The lowest BCUT2D eigenvalue weighted by Gasteiger charge is -2.08. The quantitative estimate of drug-likeness (QED) is 0.782. The fourth-order valence-corrected chi connectivity index (χ4v) is 3.17. The lowest BCUT2D eigenvalue weighted by atomic mass is 10.2. The van der Waals surface area contributed by atoms with Gasteiger partial charge in [0.25, 0.3) is 5.91 Å². The molecular weight excluding hydrogens is 398 g/mol. The Bertz CT molecular complexity index is 624. The maximum absolute atomic E-state index is 12.1. The van der Waals surface area contributed by atoms with Crippen LogP contribution in [0.4, 0.5) is 0 Å². The monoisotopic (exact) mass is 411 g/mol. The topological polar surface area (TPSA) is 38.3 Å². The third-order valence-electron chi connectivity index (χ3n) is 2.79. The second-order valence-electron chi connectivity index (χ2n) is 4.42. The highest BCUT2D eigenvalue weighted by Crippen LogP contribution is 2.20. The average Bonchev–Trinajstić information content (AvgIpc) is 2.44. The molecule has 0 aliphatic heterocycles. The standard InChI is InChI=1S/C16H15Br2NO2/c1-2-21-15-5-3-4-11(6-15)10-19-16(20)12-7-13(17)9-14(18)8-12/h3-9H,2,10H2,1H3,(H,19,20). The molecule has 0 saturated carbocycles. The molecular formula is C16H15Br2NO2. The Labute approximate surface area is 141 Å². The minimum absolute atomic E-state index is 0.112. The van der Waals surface area contributed by atoms with Gasteiger partial charge in [-0.2, -0.15) is 0 Å². The zero-order chi connectivity index (χ0) is 15.2. The van der Waals surface area contributed by atoms with E-state index < -0.39 is 0 Å². The van der Waals surface area contributed by atoms with Gasteiger partial charge in [-0.3, -0.25) is 4.79 Å².